The summed E-state index contributed by atoms with van der Waals surface area (Å²) in [5.74, 6) is -1.07. The fourth-order valence-electron chi connectivity index (χ4n) is 3.88. The first kappa shape index (κ1) is 23.3. The SMILES string of the molecule is O=C(NCc1cc(C(F)(F)F)ccc1F)Oc1[nH]nc2c1CCN(C(=O)c1ccc3[nH]nnc3c1)C2. The lowest BCUT2D eigenvalue weighted by molar-refractivity contribution is -0.137. The monoisotopic (exact) mass is 503 g/mol. The summed E-state index contributed by atoms with van der Waals surface area (Å²) in [6, 6.07) is 6.94. The molecule has 5 rings (SSSR count). The number of fused-ring (bicyclic) bond motifs is 2. The molecule has 3 N–H and O–H groups in total. The van der Waals surface area contributed by atoms with E-state index in [1.54, 1.807) is 23.1 Å². The van der Waals surface area contributed by atoms with Gasteiger partial charge < -0.3 is 15.0 Å². The fraction of sp³-hybridized carbons (Fsp3) is 0.227. The van der Waals surface area contributed by atoms with Crippen molar-refractivity contribution < 1.29 is 31.9 Å². The summed E-state index contributed by atoms with van der Waals surface area (Å²) in [5, 5.41) is 19.3. The van der Waals surface area contributed by atoms with E-state index in [4.69, 9.17) is 4.74 Å². The van der Waals surface area contributed by atoms with E-state index in [1.807, 2.05) is 0 Å². The number of carbonyl (C=O) groups excluding carboxylic acids is 2. The van der Waals surface area contributed by atoms with E-state index in [0.717, 1.165) is 0 Å². The summed E-state index contributed by atoms with van der Waals surface area (Å²) >= 11 is 0. The Hall–Kier alpha value is -4.49. The number of carbonyl (C=O) groups is 2. The number of amides is 2. The quantitative estimate of drug-likeness (QED) is 0.367. The van der Waals surface area contributed by atoms with E-state index in [9.17, 15) is 27.2 Å². The van der Waals surface area contributed by atoms with E-state index < -0.39 is 30.2 Å². The van der Waals surface area contributed by atoms with Crippen LogP contribution >= 0.6 is 0 Å². The van der Waals surface area contributed by atoms with Gasteiger partial charge in [-0.15, -0.1) is 5.10 Å². The molecule has 0 saturated heterocycles. The molecule has 14 heteroatoms. The molecular formula is C22H17F4N7O3. The molecule has 36 heavy (non-hydrogen) atoms. The normalized spacial score (nSPS) is 13.5. The Morgan fingerprint density at radius 1 is 1.14 bits per heavy atom. The molecule has 0 atom stereocenters. The third-order valence-electron chi connectivity index (χ3n) is 5.74. The minimum atomic E-state index is -4.64. The second-order valence-corrected chi connectivity index (χ2v) is 8.05. The Balaban J connectivity index is 1.22. The molecule has 0 fully saturated rings. The van der Waals surface area contributed by atoms with Gasteiger partial charge in [0.15, 0.2) is 0 Å². The standard InChI is InChI=1S/C22H17F4N7O3/c23-15-3-2-13(22(24,25)26)7-12(15)9-27-21(35)36-19-14-5-6-33(10-18(14)28-31-19)20(34)11-1-4-16-17(8-11)30-32-29-16/h1-4,7-8H,5-6,9-10H2,(H,27,35)(H,28,31)(H,29,30,32). The molecule has 0 bridgehead atoms. The van der Waals surface area contributed by atoms with Gasteiger partial charge in [0.2, 0.25) is 5.88 Å². The zero-order chi connectivity index (χ0) is 25.4. The number of aromatic amines is 2. The molecule has 186 valence electrons. The second kappa shape index (κ2) is 8.94. The Bertz CT molecular complexity index is 1460. The minimum Gasteiger partial charge on any atom is -0.391 e. The number of alkyl halides is 3. The van der Waals surface area contributed by atoms with Crippen LogP contribution in [0.2, 0.25) is 0 Å². The first-order valence-electron chi connectivity index (χ1n) is 10.7. The number of ether oxygens (including phenoxy) is 1. The van der Waals surface area contributed by atoms with Crippen molar-refractivity contribution in [3.8, 4) is 5.88 Å². The van der Waals surface area contributed by atoms with Crippen molar-refractivity contribution in [3.63, 3.8) is 0 Å². The van der Waals surface area contributed by atoms with Crippen LogP contribution in [-0.2, 0) is 25.7 Å². The van der Waals surface area contributed by atoms with E-state index in [2.05, 4.69) is 30.9 Å². The van der Waals surface area contributed by atoms with Gasteiger partial charge in [-0.25, -0.2) is 14.3 Å². The fourth-order valence-corrected chi connectivity index (χ4v) is 3.88. The van der Waals surface area contributed by atoms with Gasteiger partial charge in [0.1, 0.15) is 11.3 Å². The van der Waals surface area contributed by atoms with Crippen molar-refractivity contribution in [1.82, 2.24) is 35.8 Å². The van der Waals surface area contributed by atoms with Crippen LogP contribution in [0, 0.1) is 5.82 Å². The van der Waals surface area contributed by atoms with Crippen LogP contribution in [0.3, 0.4) is 0 Å². The average molecular weight is 503 g/mol. The zero-order valence-corrected chi connectivity index (χ0v) is 18.3. The number of hydrogen-bond acceptors (Lipinski definition) is 6. The van der Waals surface area contributed by atoms with Gasteiger partial charge in [-0.05, 0) is 42.8 Å². The molecule has 2 aromatic carbocycles. The van der Waals surface area contributed by atoms with Crippen molar-refractivity contribution >= 4 is 23.0 Å². The second-order valence-electron chi connectivity index (χ2n) is 8.05. The summed E-state index contributed by atoms with van der Waals surface area (Å²) < 4.78 is 57.6. The zero-order valence-electron chi connectivity index (χ0n) is 18.3. The van der Waals surface area contributed by atoms with Crippen LogP contribution in [0.4, 0.5) is 22.4 Å². The molecule has 2 amide bonds. The van der Waals surface area contributed by atoms with Crippen molar-refractivity contribution in [2.24, 2.45) is 0 Å². The third-order valence-corrected chi connectivity index (χ3v) is 5.74. The van der Waals surface area contributed by atoms with Gasteiger partial charge in [-0.2, -0.15) is 18.3 Å². The molecule has 0 spiro atoms. The molecule has 1 aliphatic rings. The number of halogens is 4. The maximum Gasteiger partial charge on any atom is 0.416 e. The lowest BCUT2D eigenvalue weighted by atomic mass is 10.1. The first-order valence-corrected chi connectivity index (χ1v) is 10.7. The van der Waals surface area contributed by atoms with E-state index in [0.29, 0.717) is 59.0 Å². The largest absolute Gasteiger partial charge is 0.416 e. The molecule has 0 aliphatic carbocycles. The van der Waals surface area contributed by atoms with Gasteiger partial charge in [-0.3, -0.25) is 9.89 Å². The van der Waals surface area contributed by atoms with E-state index in [1.165, 1.54) is 0 Å². The highest BCUT2D eigenvalue weighted by molar-refractivity contribution is 5.97. The summed E-state index contributed by atoms with van der Waals surface area (Å²) in [6.07, 6.45) is -5.30. The summed E-state index contributed by atoms with van der Waals surface area (Å²) in [4.78, 5) is 26.7. The molecular weight excluding hydrogens is 486 g/mol. The topological polar surface area (TPSA) is 129 Å². The number of aromatic nitrogens is 5. The Morgan fingerprint density at radius 2 is 1.97 bits per heavy atom. The van der Waals surface area contributed by atoms with Crippen molar-refractivity contribution in [2.45, 2.75) is 25.7 Å². The van der Waals surface area contributed by atoms with Crippen LogP contribution in [0.25, 0.3) is 11.0 Å². The lowest BCUT2D eigenvalue weighted by Gasteiger charge is -2.26. The van der Waals surface area contributed by atoms with Crippen LogP contribution in [-0.4, -0.2) is 49.1 Å². The third kappa shape index (κ3) is 4.56. The number of hydrogen-bond donors (Lipinski definition) is 3. The predicted octanol–water partition coefficient (Wildman–Crippen LogP) is 3.33. The van der Waals surface area contributed by atoms with Gasteiger partial charge >= 0.3 is 12.3 Å². The first-order chi connectivity index (χ1) is 17.2. The Kier molecular flexibility index (Phi) is 5.78. The summed E-state index contributed by atoms with van der Waals surface area (Å²) in [5.41, 5.74) is 1.42. The molecule has 0 radical (unpaired) electrons. The van der Waals surface area contributed by atoms with E-state index >= 15 is 0 Å². The number of rotatable bonds is 4. The molecule has 1 aliphatic heterocycles. The van der Waals surface area contributed by atoms with Crippen molar-refractivity contribution in [2.75, 3.05) is 6.54 Å². The number of H-pyrrole nitrogens is 2. The maximum absolute atomic E-state index is 13.9. The van der Waals surface area contributed by atoms with Gasteiger partial charge in [0, 0.05) is 29.8 Å². The molecule has 10 nitrogen and oxygen atoms in total. The Morgan fingerprint density at radius 3 is 2.78 bits per heavy atom. The highest BCUT2D eigenvalue weighted by Gasteiger charge is 2.31. The molecule has 3 heterocycles. The highest BCUT2D eigenvalue weighted by Crippen LogP contribution is 2.30. The van der Waals surface area contributed by atoms with Crippen molar-refractivity contribution in [1.29, 1.82) is 0 Å². The van der Waals surface area contributed by atoms with Crippen LogP contribution in [0.1, 0.15) is 32.7 Å². The molecule has 2 aromatic heterocycles. The predicted molar refractivity (Wildman–Crippen MR) is 115 cm³/mol. The summed E-state index contributed by atoms with van der Waals surface area (Å²) in [6.45, 7) is -0.0132. The van der Waals surface area contributed by atoms with Crippen LogP contribution in [0.5, 0.6) is 5.88 Å². The van der Waals surface area contributed by atoms with E-state index in [-0.39, 0.29) is 23.9 Å². The average Bonchev–Trinajstić information content (AvgIpc) is 3.48. The van der Waals surface area contributed by atoms with Gasteiger partial charge in [0.05, 0.1) is 23.3 Å². The highest BCUT2D eigenvalue weighted by atomic mass is 19.4. The maximum atomic E-state index is 13.9. The lowest BCUT2D eigenvalue weighted by Crippen LogP contribution is -2.36. The smallest absolute Gasteiger partial charge is 0.391 e. The van der Waals surface area contributed by atoms with Gasteiger partial charge in [0.25, 0.3) is 5.91 Å². The number of benzene rings is 2. The number of nitrogens with one attached hydrogen (secondary N) is 3. The van der Waals surface area contributed by atoms with Crippen LogP contribution < -0.4 is 10.1 Å². The minimum absolute atomic E-state index is 0.0446. The molecule has 4 aromatic rings. The van der Waals surface area contributed by atoms with Crippen molar-refractivity contribution in [3.05, 3.63) is 70.2 Å². The summed E-state index contributed by atoms with van der Waals surface area (Å²) in [7, 11) is 0. The number of nitrogens with zero attached hydrogens (tertiary/aromatic N) is 4. The Labute approximate surface area is 199 Å². The molecule has 0 saturated carbocycles. The molecule has 0 unspecified atom stereocenters. The van der Waals surface area contributed by atoms with Gasteiger partial charge in [-0.1, -0.05) is 5.21 Å². The van der Waals surface area contributed by atoms with Crippen LogP contribution in [0.15, 0.2) is 36.4 Å².